The minimum atomic E-state index is -0.223. The number of fused-ring (bicyclic) bond motifs is 2. The Bertz CT molecular complexity index is 936. The van der Waals surface area contributed by atoms with E-state index in [4.69, 9.17) is 5.73 Å². The van der Waals surface area contributed by atoms with E-state index in [9.17, 15) is 4.79 Å². The van der Waals surface area contributed by atoms with E-state index in [1.54, 1.807) is 0 Å². The molecule has 0 radical (unpaired) electrons. The Balaban J connectivity index is 1.50. The van der Waals surface area contributed by atoms with Gasteiger partial charge in [-0.15, -0.1) is 0 Å². The fraction of sp³-hybridized carbons (Fsp3) is 0.364. The minimum absolute atomic E-state index is 0.0408. The molecule has 0 saturated carbocycles. The van der Waals surface area contributed by atoms with Gasteiger partial charge in [-0.1, -0.05) is 36.4 Å². The van der Waals surface area contributed by atoms with Crippen molar-refractivity contribution in [1.82, 2.24) is 14.9 Å². The number of nitrogens with two attached hydrogens (primary N) is 1. The number of aromatic nitrogens is 2. The third kappa shape index (κ3) is 3.88. The quantitative estimate of drug-likeness (QED) is 0.732. The summed E-state index contributed by atoms with van der Waals surface area (Å²) in [6.45, 7) is 2.93. The second kappa shape index (κ2) is 7.53. The van der Waals surface area contributed by atoms with Gasteiger partial charge in [-0.25, -0.2) is 4.98 Å². The fourth-order valence-electron chi connectivity index (χ4n) is 3.87. The molecule has 0 saturated heterocycles. The summed E-state index contributed by atoms with van der Waals surface area (Å²) in [6, 6.07) is 14.0. The summed E-state index contributed by atoms with van der Waals surface area (Å²) < 4.78 is 2.18. The summed E-state index contributed by atoms with van der Waals surface area (Å²) in [4.78, 5) is 17.3. The number of benzene rings is 2. The number of rotatable bonds is 5. The van der Waals surface area contributed by atoms with Crippen molar-refractivity contribution in [2.24, 2.45) is 5.73 Å². The number of amides is 1. The molecule has 3 N–H and O–H groups in total. The zero-order chi connectivity index (χ0) is 18.8. The van der Waals surface area contributed by atoms with Crippen LogP contribution < -0.4 is 11.1 Å². The molecule has 140 valence electrons. The van der Waals surface area contributed by atoms with E-state index in [0.717, 1.165) is 35.4 Å². The van der Waals surface area contributed by atoms with Crippen molar-refractivity contribution < 1.29 is 4.79 Å². The predicted molar refractivity (Wildman–Crippen MR) is 107 cm³/mol. The Labute approximate surface area is 159 Å². The average molecular weight is 362 g/mol. The number of imidazole rings is 1. The molecule has 2 heterocycles. The van der Waals surface area contributed by atoms with E-state index in [0.29, 0.717) is 0 Å². The van der Waals surface area contributed by atoms with Crippen LogP contribution in [0.1, 0.15) is 42.9 Å². The van der Waals surface area contributed by atoms with Crippen molar-refractivity contribution in [3.8, 4) is 0 Å². The first-order valence-electron chi connectivity index (χ1n) is 9.69. The molecule has 1 amide bonds. The monoisotopic (exact) mass is 362 g/mol. The van der Waals surface area contributed by atoms with Crippen LogP contribution in [0.15, 0.2) is 48.7 Å². The molecule has 0 spiro atoms. The number of hydrogen-bond donors (Lipinski definition) is 2. The lowest BCUT2D eigenvalue weighted by atomic mass is 9.97. The van der Waals surface area contributed by atoms with Gasteiger partial charge in [-0.2, -0.15) is 0 Å². The molecule has 2 unspecified atom stereocenters. The maximum absolute atomic E-state index is 12.7. The summed E-state index contributed by atoms with van der Waals surface area (Å²) in [5.74, 6) is 1.06. The second-order valence-corrected chi connectivity index (χ2v) is 7.49. The largest absolute Gasteiger partial charge is 0.347 e. The van der Waals surface area contributed by atoms with Crippen LogP contribution in [0, 0.1) is 0 Å². The Morgan fingerprint density at radius 1 is 1.22 bits per heavy atom. The average Bonchev–Trinajstić information content (AvgIpc) is 3.07. The van der Waals surface area contributed by atoms with Crippen molar-refractivity contribution in [2.75, 3.05) is 0 Å². The van der Waals surface area contributed by atoms with Gasteiger partial charge in [0.05, 0.1) is 18.2 Å². The number of carbonyl (C=O) groups is 1. The SMILES string of the molecule is CC(N)C(NC(=O)Cc1cn2c(n1)CCCC2)c1ccc2ccccc2c1. The van der Waals surface area contributed by atoms with Crippen LogP contribution in [0.25, 0.3) is 10.8 Å². The van der Waals surface area contributed by atoms with E-state index >= 15 is 0 Å². The molecule has 0 fully saturated rings. The molecule has 4 rings (SSSR count). The molecule has 2 atom stereocenters. The molecular weight excluding hydrogens is 336 g/mol. The number of nitrogens with zero attached hydrogens (tertiary/aromatic N) is 2. The van der Waals surface area contributed by atoms with Crippen molar-refractivity contribution in [3.63, 3.8) is 0 Å². The first-order chi connectivity index (χ1) is 13.1. The number of carbonyl (C=O) groups excluding carboxylic acids is 1. The van der Waals surface area contributed by atoms with Gasteiger partial charge in [0.1, 0.15) is 5.82 Å². The topological polar surface area (TPSA) is 72.9 Å². The van der Waals surface area contributed by atoms with Gasteiger partial charge >= 0.3 is 0 Å². The van der Waals surface area contributed by atoms with Crippen molar-refractivity contribution in [3.05, 3.63) is 65.7 Å². The highest BCUT2D eigenvalue weighted by Crippen LogP contribution is 2.22. The van der Waals surface area contributed by atoms with Gasteiger partial charge in [-0.05, 0) is 42.2 Å². The molecule has 5 heteroatoms. The molecule has 1 aromatic heterocycles. The lowest BCUT2D eigenvalue weighted by molar-refractivity contribution is -0.121. The number of hydrogen-bond acceptors (Lipinski definition) is 3. The van der Waals surface area contributed by atoms with E-state index in [1.165, 1.54) is 18.2 Å². The summed E-state index contributed by atoms with van der Waals surface area (Å²) in [6.07, 6.45) is 5.67. The van der Waals surface area contributed by atoms with Gasteiger partial charge in [0.25, 0.3) is 0 Å². The van der Waals surface area contributed by atoms with Crippen molar-refractivity contribution in [1.29, 1.82) is 0 Å². The third-order valence-corrected chi connectivity index (χ3v) is 5.28. The zero-order valence-corrected chi connectivity index (χ0v) is 15.7. The summed E-state index contributed by atoms with van der Waals surface area (Å²) in [5.41, 5.74) is 8.07. The molecule has 3 aromatic rings. The Morgan fingerprint density at radius 3 is 2.81 bits per heavy atom. The van der Waals surface area contributed by atoms with Crippen molar-refractivity contribution in [2.45, 2.75) is 51.2 Å². The van der Waals surface area contributed by atoms with Gasteiger partial charge in [0.2, 0.25) is 5.91 Å². The maximum Gasteiger partial charge on any atom is 0.226 e. The van der Waals surface area contributed by atoms with Crippen LogP contribution in [0.2, 0.25) is 0 Å². The van der Waals surface area contributed by atoms with Crippen LogP contribution in [-0.2, 0) is 24.2 Å². The highest BCUT2D eigenvalue weighted by atomic mass is 16.1. The van der Waals surface area contributed by atoms with Crippen LogP contribution in [0.4, 0.5) is 0 Å². The van der Waals surface area contributed by atoms with Gasteiger partial charge in [-0.3, -0.25) is 4.79 Å². The highest BCUT2D eigenvalue weighted by Gasteiger charge is 2.20. The van der Waals surface area contributed by atoms with Crippen LogP contribution in [0.5, 0.6) is 0 Å². The predicted octanol–water partition coefficient (Wildman–Crippen LogP) is 3.12. The Morgan fingerprint density at radius 2 is 2.04 bits per heavy atom. The third-order valence-electron chi connectivity index (χ3n) is 5.28. The summed E-state index contributed by atoms with van der Waals surface area (Å²) in [7, 11) is 0. The van der Waals surface area contributed by atoms with Gasteiger partial charge in [0.15, 0.2) is 0 Å². The lowest BCUT2D eigenvalue weighted by Crippen LogP contribution is -2.39. The molecular formula is C22H26N4O. The fourth-order valence-corrected chi connectivity index (χ4v) is 3.87. The van der Waals surface area contributed by atoms with E-state index in [1.807, 2.05) is 31.3 Å². The molecule has 2 aromatic carbocycles. The second-order valence-electron chi connectivity index (χ2n) is 7.49. The van der Waals surface area contributed by atoms with E-state index in [-0.39, 0.29) is 24.4 Å². The normalized spacial score (nSPS) is 15.9. The van der Waals surface area contributed by atoms with Gasteiger partial charge < -0.3 is 15.6 Å². The van der Waals surface area contributed by atoms with Crippen molar-refractivity contribution >= 4 is 16.7 Å². The van der Waals surface area contributed by atoms with Gasteiger partial charge in [0, 0.05) is 25.2 Å². The lowest BCUT2D eigenvalue weighted by Gasteiger charge is -2.23. The molecule has 1 aliphatic heterocycles. The molecule has 5 nitrogen and oxygen atoms in total. The Hall–Kier alpha value is -2.66. The van der Waals surface area contributed by atoms with Crippen LogP contribution >= 0.6 is 0 Å². The molecule has 27 heavy (non-hydrogen) atoms. The smallest absolute Gasteiger partial charge is 0.226 e. The highest BCUT2D eigenvalue weighted by molar-refractivity contribution is 5.83. The standard InChI is InChI=1S/C22H26N4O/c1-15(23)22(18-10-9-16-6-2-3-7-17(16)12-18)25-21(27)13-19-14-26-11-5-4-8-20(26)24-19/h2-3,6-7,9-10,12,14-15,22H,4-5,8,11,13,23H2,1H3,(H,25,27). The first kappa shape index (κ1) is 17.7. The number of nitrogens with one attached hydrogen (secondary N) is 1. The zero-order valence-electron chi connectivity index (χ0n) is 15.7. The number of aryl methyl sites for hydroxylation is 2. The van der Waals surface area contributed by atoms with Crippen LogP contribution in [-0.4, -0.2) is 21.5 Å². The van der Waals surface area contributed by atoms with Crippen LogP contribution in [0.3, 0.4) is 0 Å². The molecule has 1 aliphatic rings. The summed E-state index contributed by atoms with van der Waals surface area (Å²) in [5, 5.41) is 5.44. The van der Waals surface area contributed by atoms with E-state index in [2.05, 4.69) is 39.1 Å². The minimum Gasteiger partial charge on any atom is -0.347 e. The molecule has 0 bridgehead atoms. The Kier molecular flexibility index (Phi) is 4.94. The maximum atomic E-state index is 12.7. The summed E-state index contributed by atoms with van der Waals surface area (Å²) >= 11 is 0. The van der Waals surface area contributed by atoms with E-state index < -0.39 is 0 Å². The molecule has 0 aliphatic carbocycles. The first-order valence-corrected chi connectivity index (χ1v) is 9.69.